The van der Waals surface area contributed by atoms with Crippen LogP contribution in [-0.4, -0.2) is 0 Å². The minimum atomic E-state index is 0.764. The van der Waals surface area contributed by atoms with Gasteiger partial charge in [0.1, 0.15) is 0 Å². The summed E-state index contributed by atoms with van der Waals surface area (Å²) in [6.07, 6.45) is 0. The van der Waals surface area contributed by atoms with Crippen molar-refractivity contribution >= 4 is 23.1 Å². The van der Waals surface area contributed by atoms with Crippen LogP contribution in [0.15, 0.2) is 82.6 Å². The molecular weight excluding hydrogens is 276 g/mol. The Labute approximate surface area is 128 Å². The predicted octanol–water partition coefficient (Wildman–Crippen LogP) is 4.67. The van der Waals surface area contributed by atoms with Crippen molar-refractivity contribution in [1.29, 1.82) is 0 Å². The van der Waals surface area contributed by atoms with Gasteiger partial charge in [-0.25, -0.2) is 0 Å². The van der Waals surface area contributed by atoms with Crippen LogP contribution in [0.25, 0.3) is 11.1 Å². The Morgan fingerprint density at radius 1 is 0.667 bits per heavy atom. The van der Waals surface area contributed by atoms with Crippen LogP contribution in [0.5, 0.6) is 0 Å². The molecule has 0 saturated heterocycles. The molecule has 0 aliphatic rings. The van der Waals surface area contributed by atoms with Gasteiger partial charge in [0.05, 0.1) is 0 Å². The first-order chi connectivity index (χ1) is 10.2. The van der Waals surface area contributed by atoms with E-state index >= 15 is 0 Å². The summed E-state index contributed by atoms with van der Waals surface area (Å²) in [7, 11) is 0. The maximum absolute atomic E-state index is 6.19. The summed E-state index contributed by atoms with van der Waals surface area (Å²) in [6, 6.07) is 24.1. The summed E-state index contributed by atoms with van der Waals surface area (Å²) in [5.41, 5.74) is 15.8. The molecule has 21 heavy (non-hydrogen) atoms. The number of benzene rings is 3. The molecule has 3 aromatic rings. The van der Waals surface area contributed by atoms with E-state index in [0.29, 0.717) is 0 Å². The fraction of sp³-hybridized carbons (Fsp3) is 0. The molecule has 4 N–H and O–H groups in total. The smallest absolute Gasteiger partial charge is 0.0462 e. The number of anilines is 2. The summed E-state index contributed by atoms with van der Waals surface area (Å²) in [5, 5.41) is 0. The third-order valence-corrected chi connectivity index (χ3v) is 4.40. The van der Waals surface area contributed by atoms with Crippen LogP contribution in [-0.2, 0) is 0 Å². The average Bonchev–Trinajstić information content (AvgIpc) is 2.51. The summed E-state index contributed by atoms with van der Waals surface area (Å²) in [6.45, 7) is 0. The molecule has 0 aromatic heterocycles. The lowest BCUT2D eigenvalue weighted by atomic mass is 10.0. The number of nitrogen functional groups attached to an aromatic ring is 2. The zero-order valence-corrected chi connectivity index (χ0v) is 12.3. The average molecular weight is 292 g/mol. The topological polar surface area (TPSA) is 52.0 Å². The molecule has 0 heterocycles. The van der Waals surface area contributed by atoms with Crippen molar-refractivity contribution in [3.63, 3.8) is 0 Å². The van der Waals surface area contributed by atoms with E-state index in [9.17, 15) is 0 Å². The number of rotatable bonds is 3. The van der Waals surface area contributed by atoms with Gasteiger partial charge in [0.15, 0.2) is 0 Å². The molecule has 3 rings (SSSR count). The van der Waals surface area contributed by atoms with Gasteiger partial charge < -0.3 is 11.5 Å². The maximum Gasteiger partial charge on any atom is 0.0462 e. The van der Waals surface area contributed by atoms with E-state index in [1.165, 1.54) is 4.90 Å². The molecule has 0 saturated carbocycles. The van der Waals surface area contributed by atoms with Gasteiger partial charge in [0.25, 0.3) is 0 Å². The van der Waals surface area contributed by atoms with Crippen molar-refractivity contribution in [2.24, 2.45) is 0 Å². The van der Waals surface area contributed by atoms with Crippen LogP contribution < -0.4 is 11.5 Å². The Kier molecular flexibility index (Phi) is 3.84. The van der Waals surface area contributed by atoms with E-state index < -0.39 is 0 Å². The molecule has 0 fully saturated rings. The molecule has 104 valence electrons. The van der Waals surface area contributed by atoms with Gasteiger partial charge in [-0.3, -0.25) is 0 Å². The van der Waals surface area contributed by atoms with E-state index in [0.717, 1.165) is 27.4 Å². The van der Waals surface area contributed by atoms with E-state index in [4.69, 9.17) is 11.5 Å². The van der Waals surface area contributed by atoms with Crippen LogP contribution in [0.1, 0.15) is 0 Å². The zero-order chi connectivity index (χ0) is 14.7. The molecule has 0 atom stereocenters. The fourth-order valence-electron chi connectivity index (χ4n) is 2.17. The number of hydrogen-bond acceptors (Lipinski definition) is 3. The molecule has 0 amide bonds. The second kappa shape index (κ2) is 5.94. The normalized spacial score (nSPS) is 10.5. The molecule has 3 aromatic carbocycles. The van der Waals surface area contributed by atoms with Crippen LogP contribution in [0.2, 0.25) is 0 Å². The molecule has 0 radical (unpaired) electrons. The third-order valence-electron chi connectivity index (χ3n) is 3.23. The minimum Gasteiger partial charge on any atom is -0.399 e. The molecule has 2 nitrogen and oxygen atoms in total. The maximum atomic E-state index is 6.19. The molecule has 0 unspecified atom stereocenters. The van der Waals surface area contributed by atoms with Gasteiger partial charge in [-0.1, -0.05) is 54.2 Å². The largest absolute Gasteiger partial charge is 0.399 e. The molecule has 0 aliphatic heterocycles. The van der Waals surface area contributed by atoms with Gasteiger partial charge in [-0.05, 0) is 41.5 Å². The lowest BCUT2D eigenvalue weighted by Crippen LogP contribution is -1.92. The van der Waals surface area contributed by atoms with Crippen LogP contribution in [0, 0.1) is 0 Å². The lowest BCUT2D eigenvalue weighted by molar-refractivity contribution is 1.40. The van der Waals surface area contributed by atoms with Crippen molar-refractivity contribution in [2.45, 2.75) is 9.79 Å². The first kappa shape index (κ1) is 13.6. The second-order valence-corrected chi connectivity index (χ2v) is 5.84. The molecule has 0 bridgehead atoms. The minimum absolute atomic E-state index is 0.764. The summed E-state index contributed by atoms with van der Waals surface area (Å²) >= 11 is 1.68. The van der Waals surface area contributed by atoms with Gasteiger partial charge in [0, 0.05) is 21.2 Å². The zero-order valence-electron chi connectivity index (χ0n) is 11.5. The van der Waals surface area contributed by atoms with Crippen molar-refractivity contribution in [3.05, 3.63) is 72.8 Å². The number of hydrogen-bond donors (Lipinski definition) is 2. The monoisotopic (exact) mass is 292 g/mol. The van der Waals surface area contributed by atoms with Crippen molar-refractivity contribution in [3.8, 4) is 11.1 Å². The van der Waals surface area contributed by atoms with Gasteiger partial charge >= 0.3 is 0 Å². The first-order valence-corrected chi connectivity index (χ1v) is 7.53. The van der Waals surface area contributed by atoms with E-state index in [-0.39, 0.29) is 0 Å². The van der Waals surface area contributed by atoms with Crippen molar-refractivity contribution < 1.29 is 0 Å². The summed E-state index contributed by atoms with van der Waals surface area (Å²) in [5.74, 6) is 0. The highest BCUT2D eigenvalue weighted by molar-refractivity contribution is 7.99. The predicted molar refractivity (Wildman–Crippen MR) is 91.3 cm³/mol. The third kappa shape index (κ3) is 3.03. The highest BCUT2D eigenvalue weighted by atomic mass is 32.2. The van der Waals surface area contributed by atoms with Gasteiger partial charge in [-0.15, -0.1) is 0 Å². The Hall–Kier alpha value is -2.39. The highest BCUT2D eigenvalue weighted by Crippen LogP contribution is 2.39. The Morgan fingerprint density at radius 3 is 2.10 bits per heavy atom. The van der Waals surface area contributed by atoms with Crippen molar-refractivity contribution in [2.75, 3.05) is 11.5 Å². The summed E-state index contributed by atoms with van der Waals surface area (Å²) < 4.78 is 0. The summed E-state index contributed by atoms with van der Waals surface area (Å²) in [4.78, 5) is 2.25. The SMILES string of the molecule is Nc1ccc(-c2cccc(N)c2Sc2ccccc2)cc1. The van der Waals surface area contributed by atoms with Crippen LogP contribution in [0.3, 0.4) is 0 Å². The molecule has 0 spiro atoms. The van der Waals surface area contributed by atoms with E-state index in [1.807, 2.05) is 54.6 Å². The standard InChI is InChI=1S/C18H16N2S/c19-14-11-9-13(10-12-14)16-7-4-8-17(20)18(16)21-15-5-2-1-3-6-15/h1-12H,19-20H2. The van der Waals surface area contributed by atoms with Gasteiger partial charge in [0.2, 0.25) is 0 Å². The Bertz CT molecular complexity index is 737. The Balaban J connectivity index is 2.05. The fourth-order valence-corrected chi connectivity index (χ4v) is 3.18. The highest BCUT2D eigenvalue weighted by Gasteiger charge is 2.10. The lowest BCUT2D eigenvalue weighted by Gasteiger charge is -2.12. The van der Waals surface area contributed by atoms with Gasteiger partial charge in [-0.2, -0.15) is 0 Å². The van der Waals surface area contributed by atoms with E-state index in [2.05, 4.69) is 18.2 Å². The van der Waals surface area contributed by atoms with Crippen LogP contribution in [0.4, 0.5) is 11.4 Å². The number of nitrogens with two attached hydrogens (primary N) is 2. The van der Waals surface area contributed by atoms with E-state index in [1.54, 1.807) is 11.8 Å². The molecule has 0 aliphatic carbocycles. The molecule has 3 heteroatoms. The quantitative estimate of drug-likeness (QED) is 0.690. The van der Waals surface area contributed by atoms with Crippen LogP contribution >= 0.6 is 11.8 Å². The molecular formula is C18H16N2S. The Morgan fingerprint density at radius 2 is 1.38 bits per heavy atom. The second-order valence-electron chi connectivity index (χ2n) is 4.76. The first-order valence-electron chi connectivity index (χ1n) is 6.71. The van der Waals surface area contributed by atoms with Crippen molar-refractivity contribution in [1.82, 2.24) is 0 Å².